The second-order valence-electron chi connectivity index (χ2n) is 5.07. The van der Waals surface area contributed by atoms with Crippen molar-refractivity contribution in [3.8, 4) is 0 Å². The highest BCUT2D eigenvalue weighted by atomic mass is 32.2. The predicted octanol–water partition coefficient (Wildman–Crippen LogP) is 2.15. The highest BCUT2D eigenvalue weighted by Crippen LogP contribution is 2.30. The van der Waals surface area contributed by atoms with Gasteiger partial charge in [0.1, 0.15) is 0 Å². The fourth-order valence-electron chi connectivity index (χ4n) is 1.85. The molecule has 1 aromatic carbocycles. The lowest BCUT2D eigenvalue weighted by Gasteiger charge is -2.15. The molecule has 0 bridgehead atoms. The first kappa shape index (κ1) is 19.3. The molecule has 1 amide bonds. The van der Waals surface area contributed by atoms with Gasteiger partial charge in [0, 0.05) is 5.38 Å². The Labute approximate surface area is 146 Å². The van der Waals surface area contributed by atoms with Crippen molar-refractivity contribution in [1.82, 2.24) is 15.0 Å². The first-order chi connectivity index (χ1) is 11.6. The number of hydrogen-bond acceptors (Lipinski definition) is 5. The van der Waals surface area contributed by atoms with Crippen LogP contribution in [-0.4, -0.2) is 25.4 Å². The minimum absolute atomic E-state index is 0.123. The van der Waals surface area contributed by atoms with Crippen molar-refractivity contribution in [2.24, 2.45) is 0 Å². The van der Waals surface area contributed by atoms with Gasteiger partial charge in [-0.25, -0.2) is 13.4 Å². The zero-order valence-electron chi connectivity index (χ0n) is 12.9. The standard InChI is InChI=1S/C14H14F3N3O3S2/c1-9(13(21)18-6-11-7-24-8-19-11)20-25(22,23)12-4-2-3-10(5-12)14(15,16)17/h2-5,7-9,20H,6H2,1H3,(H,18,21)/t9-/m1/s1. The van der Waals surface area contributed by atoms with E-state index in [-0.39, 0.29) is 6.54 Å². The molecule has 0 aliphatic heterocycles. The van der Waals surface area contributed by atoms with E-state index in [4.69, 9.17) is 0 Å². The van der Waals surface area contributed by atoms with E-state index in [1.165, 1.54) is 18.3 Å². The van der Waals surface area contributed by atoms with E-state index in [2.05, 4.69) is 15.0 Å². The molecular formula is C14H14F3N3O3S2. The molecule has 2 rings (SSSR count). The third-order valence-electron chi connectivity index (χ3n) is 3.12. The van der Waals surface area contributed by atoms with Crippen LogP contribution in [0.3, 0.4) is 0 Å². The van der Waals surface area contributed by atoms with Crippen molar-refractivity contribution in [2.75, 3.05) is 0 Å². The predicted molar refractivity (Wildman–Crippen MR) is 85.2 cm³/mol. The molecule has 0 radical (unpaired) electrons. The molecule has 2 aromatic rings. The molecule has 0 unspecified atom stereocenters. The van der Waals surface area contributed by atoms with Crippen LogP contribution in [-0.2, 0) is 27.5 Å². The van der Waals surface area contributed by atoms with Gasteiger partial charge in [0.05, 0.1) is 34.2 Å². The number of halogens is 3. The van der Waals surface area contributed by atoms with Crippen LogP contribution in [0.25, 0.3) is 0 Å². The van der Waals surface area contributed by atoms with Gasteiger partial charge in [0.15, 0.2) is 0 Å². The molecule has 0 saturated carbocycles. The van der Waals surface area contributed by atoms with Crippen molar-refractivity contribution in [3.05, 3.63) is 46.4 Å². The second kappa shape index (κ2) is 7.50. The van der Waals surface area contributed by atoms with Gasteiger partial charge in [-0.3, -0.25) is 4.79 Å². The molecule has 0 spiro atoms. The van der Waals surface area contributed by atoms with Crippen LogP contribution in [0.5, 0.6) is 0 Å². The number of benzene rings is 1. The van der Waals surface area contributed by atoms with Gasteiger partial charge in [-0.2, -0.15) is 17.9 Å². The molecule has 25 heavy (non-hydrogen) atoms. The smallest absolute Gasteiger partial charge is 0.349 e. The Kier molecular flexibility index (Phi) is 5.80. The third kappa shape index (κ3) is 5.25. The number of carbonyl (C=O) groups is 1. The normalized spacial score (nSPS) is 13.4. The maximum absolute atomic E-state index is 12.7. The largest absolute Gasteiger partial charge is 0.416 e. The van der Waals surface area contributed by atoms with Gasteiger partial charge in [-0.1, -0.05) is 6.07 Å². The maximum atomic E-state index is 12.7. The minimum atomic E-state index is -4.66. The molecule has 11 heteroatoms. The average Bonchev–Trinajstić information content (AvgIpc) is 3.05. The van der Waals surface area contributed by atoms with Gasteiger partial charge in [-0.05, 0) is 25.1 Å². The van der Waals surface area contributed by atoms with Crippen molar-refractivity contribution in [2.45, 2.75) is 30.6 Å². The summed E-state index contributed by atoms with van der Waals surface area (Å²) in [4.78, 5) is 15.3. The number of nitrogens with one attached hydrogen (secondary N) is 2. The lowest BCUT2D eigenvalue weighted by Crippen LogP contribution is -2.44. The molecule has 136 valence electrons. The molecule has 0 fully saturated rings. The van der Waals surface area contributed by atoms with E-state index < -0.39 is 38.6 Å². The molecule has 1 atom stereocenters. The molecular weight excluding hydrogens is 379 g/mol. The quantitative estimate of drug-likeness (QED) is 0.787. The molecule has 6 nitrogen and oxygen atoms in total. The average molecular weight is 393 g/mol. The maximum Gasteiger partial charge on any atom is 0.416 e. The number of sulfonamides is 1. The summed E-state index contributed by atoms with van der Waals surface area (Å²) in [7, 11) is -4.28. The Morgan fingerprint density at radius 2 is 2.08 bits per heavy atom. The van der Waals surface area contributed by atoms with Crippen LogP contribution in [0.4, 0.5) is 13.2 Å². The first-order valence-electron chi connectivity index (χ1n) is 6.94. The summed E-state index contributed by atoms with van der Waals surface area (Å²) in [6.07, 6.45) is -4.66. The summed E-state index contributed by atoms with van der Waals surface area (Å²) in [6.45, 7) is 1.42. The molecule has 0 aliphatic rings. The summed E-state index contributed by atoms with van der Waals surface area (Å²) in [6, 6.07) is 2.13. The Balaban J connectivity index is 2.06. The fourth-order valence-corrected chi connectivity index (χ4v) is 3.66. The van der Waals surface area contributed by atoms with E-state index in [1.807, 2.05) is 0 Å². The monoisotopic (exact) mass is 393 g/mol. The topological polar surface area (TPSA) is 88.2 Å². The van der Waals surface area contributed by atoms with Crippen molar-refractivity contribution >= 4 is 27.3 Å². The van der Waals surface area contributed by atoms with E-state index in [0.717, 1.165) is 18.2 Å². The number of nitrogens with zero attached hydrogens (tertiary/aromatic N) is 1. The fraction of sp³-hybridized carbons (Fsp3) is 0.286. The van der Waals surface area contributed by atoms with Gasteiger partial charge in [0.2, 0.25) is 15.9 Å². The Morgan fingerprint density at radius 1 is 1.36 bits per heavy atom. The summed E-state index contributed by atoms with van der Waals surface area (Å²) in [5.74, 6) is -0.622. The SMILES string of the molecule is C[C@@H](NS(=O)(=O)c1cccc(C(F)(F)F)c1)C(=O)NCc1cscn1. The molecule has 1 heterocycles. The summed E-state index contributed by atoms with van der Waals surface area (Å²) < 4.78 is 64.5. The van der Waals surface area contributed by atoms with Gasteiger partial charge in [-0.15, -0.1) is 11.3 Å². The Bertz CT molecular complexity index is 837. The van der Waals surface area contributed by atoms with Crippen LogP contribution >= 0.6 is 11.3 Å². The van der Waals surface area contributed by atoms with E-state index in [1.54, 1.807) is 10.9 Å². The molecule has 2 N–H and O–H groups in total. The van der Waals surface area contributed by atoms with Gasteiger partial charge < -0.3 is 5.32 Å². The van der Waals surface area contributed by atoms with E-state index >= 15 is 0 Å². The Hall–Kier alpha value is -1.98. The van der Waals surface area contributed by atoms with Crippen molar-refractivity contribution in [1.29, 1.82) is 0 Å². The lowest BCUT2D eigenvalue weighted by atomic mass is 10.2. The van der Waals surface area contributed by atoms with Crippen LogP contribution in [0.2, 0.25) is 0 Å². The number of aromatic nitrogens is 1. The summed E-state index contributed by atoms with van der Waals surface area (Å²) in [5.41, 5.74) is 1.11. The van der Waals surface area contributed by atoms with Gasteiger partial charge in [0.25, 0.3) is 0 Å². The van der Waals surface area contributed by atoms with Crippen LogP contribution in [0.1, 0.15) is 18.2 Å². The highest BCUT2D eigenvalue weighted by Gasteiger charge is 2.32. The second-order valence-corrected chi connectivity index (χ2v) is 7.50. The number of thiazole rings is 1. The number of rotatable bonds is 6. The zero-order valence-corrected chi connectivity index (χ0v) is 14.5. The molecule has 1 aromatic heterocycles. The molecule has 0 aliphatic carbocycles. The summed E-state index contributed by atoms with van der Waals surface area (Å²) >= 11 is 1.34. The van der Waals surface area contributed by atoms with E-state index in [0.29, 0.717) is 11.8 Å². The number of alkyl halides is 3. The number of amides is 1. The number of hydrogen-bond donors (Lipinski definition) is 2. The Morgan fingerprint density at radius 3 is 2.68 bits per heavy atom. The van der Waals surface area contributed by atoms with E-state index in [9.17, 15) is 26.4 Å². The number of carbonyl (C=O) groups excluding carboxylic acids is 1. The van der Waals surface area contributed by atoms with Crippen molar-refractivity contribution < 1.29 is 26.4 Å². The van der Waals surface area contributed by atoms with Crippen LogP contribution in [0.15, 0.2) is 40.1 Å². The lowest BCUT2D eigenvalue weighted by molar-refractivity contribution is -0.137. The van der Waals surface area contributed by atoms with Crippen molar-refractivity contribution in [3.63, 3.8) is 0 Å². The molecule has 0 saturated heterocycles. The summed E-state index contributed by atoms with van der Waals surface area (Å²) in [5, 5.41) is 4.21. The third-order valence-corrected chi connectivity index (χ3v) is 5.30. The first-order valence-corrected chi connectivity index (χ1v) is 9.36. The zero-order chi connectivity index (χ0) is 18.7. The van der Waals surface area contributed by atoms with Gasteiger partial charge >= 0.3 is 6.18 Å². The van der Waals surface area contributed by atoms with Crippen LogP contribution in [0, 0.1) is 0 Å². The minimum Gasteiger partial charge on any atom is -0.349 e. The highest BCUT2D eigenvalue weighted by molar-refractivity contribution is 7.89. The van der Waals surface area contributed by atoms with Crippen LogP contribution < -0.4 is 10.0 Å².